The fraction of sp³-hybridized carbons (Fsp3) is 0.250. The number of hydrogen-bond acceptors (Lipinski definition) is 3. The quantitative estimate of drug-likeness (QED) is 0.863. The molecule has 19 heavy (non-hydrogen) atoms. The van der Waals surface area contributed by atoms with Crippen LogP contribution in [-0.2, 0) is 6.61 Å². The van der Waals surface area contributed by atoms with Gasteiger partial charge in [0.25, 0.3) is 0 Å². The molecule has 0 aliphatic heterocycles. The minimum absolute atomic E-state index is 0.144. The number of anilines is 1. The van der Waals surface area contributed by atoms with Crippen molar-refractivity contribution in [2.45, 2.75) is 6.61 Å². The molecule has 3 heteroatoms. The first-order chi connectivity index (χ1) is 9.29. The summed E-state index contributed by atoms with van der Waals surface area (Å²) in [4.78, 5) is 2.00. The van der Waals surface area contributed by atoms with E-state index in [2.05, 4.69) is 0 Å². The third kappa shape index (κ3) is 4.00. The molecule has 0 aliphatic rings. The van der Waals surface area contributed by atoms with Crippen molar-refractivity contribution in [3.05, 3.63) is 60.2 Å². The molecular formula is C16H19NO2. The van der Waals surface area contributed by atoms with Crippen LogP contribution in [0.3, 0.4) is 0 Å². The Morgan fingerprint density at radius 3 is 2.58 bits per heavy atom. The Bertz CT molecular complexity index is 499. The minimum Gasteiger partial charge on any atom is -0.489 e. The lowest BCUT2D eigenvalue weighted by atomic mass is 10.2. The van der Waals surface area contributed by atoms with Gasteiger partial charge in [0, 0.05) is 25.3 Å². The number of aliphatic hydroxyl groups excluding tert-OH is 1. The van der Waals surface area contributed by atoms with E-state index < -0.39 is 0 Å². The van der Waals surface area contributed by atoms with Gasteiger partial charge in [0.2, 0.25) is 0 Å². The van der Waals surface area contributed by atoms with Gasteiger partial charge in [-0.3, -0.25) is 0 Å². The number of benzene rings is 2. The standard InChI is InChI=1S/C16H19NO2/c1-17(10-11-18)15-8-5-9-16(12-15)19-13-14-6-3-2-4-7-14/h2-9,12,18H,10-11,13H2,1H3. The Kier molecular flexibility index (Phi) is 4.81. The first kappa shape index (κ1) is 13.4. The van der Waals surface area contributed by atoms with Crippen LogP contribution in [0.1, 0.15) is 5.56 Å². The van der Waals surface area contributed by atoms with Gasteiger partial charge in [-0.2, -0.15) is 0 Å². The number of nitrogens with zero attached hydrogens (tertiary/aromatic N) is 1. The second-order valence-electron chi connectivity index (χ2n) is 4.42. The van der Waals surface area contributed by atoms with Crippen LogP contribution in [0.5, 0.6) is 5.75 Å². The summed E-state index contributed by atoms with van der Waals surface area (Å²) in [6, 6.07) is 18.0. The van der Waals surface area contributed by atoms with E-state index in [1.54, 1.807) is 0 Å². The zero-order valence-corrected chi connectivity index (χ0v) is 11.1. The summed E-state index contributed by atoms with van der Waals surface area (Å²) in [5, 5.41) is 8.95. The summed E-state index contributed by atoms with van der Waals surface area (Å²) in [6.45, 7) is 1.32. The molecule has 0 unspecified atom stereocenters. The molecule has 0 heterocycles. The second kappa shape index (κ2) is 6.81. The van der Waals surface area contributed by atoms with Crippen molar-refractivity contribution in [1.82, 2.24) is 0 Å². The lowest BCUT2D eigenvalue weighted by molar-refractivity contribution is 0.302. The molecule has 0 saturated carbocycles. The number of hydrogen-bond donors (Lipinski definition) is 1. The molecule has 0 fully saturated rings. The summed E-state index contributed by atoms with van der Waals surface area (Å²) in [5.41, 5.74) is 2.19. The van der Waals surface area contributed by atoms with Gasteiger partial charge in [0.1, 0.15) is 12.4 Å². The van der Waals surface area contributed by atoms with E-state index in [1.807, 2.05) is 66.5 Å². The Morgan fingerprint density at radius 2 is 1.84 bits per heavy atom. The van der Waals surface area contributed by atoms with Crippen molar-refractivity contribution in [3.63, 3.8) is 0 Å². The third-order valence-corrected chi connectivity index (χ3v) is 2.94. The largest absolute Gasteiger partial charge is 0.489 e. The fourth-order valence-electron chi connectivity index (χ4n) is 1.83. The van der Waals surface area contributed by atoms with Gasteiger partial charge >= 0.3 is 0 Å². The Hall–Kier alpha value is -2.00. The van der Waals surface area contributed by atoms with Crippen molar-refractivity contribution < 1.29 is 9.84 Å². The smallest absolute Gasteiger partial charge is 0.121 e. The van der Waals surface area contributed by atoms with Crippen LogP contribution in [0.4, 0.5) is 5.69 Å². The number of aliphatic hydroxyl groups is 1. The minimum atomic E-state index is 0.144. The fourth-order valence-corrected chi connectivity index (χ4v) is 1.83. The van der Waals surface area contributed by atoms with E-state index >= 15 is 0 Å². The average Bonchev–Trinajstić information content (AvgIpc) is 2.47. The normalized spacial score (nSPS) is 10.2. The molecule has 2 aromatic carbocycles. The van der Waals surface area contributed by atoms with Crippen LogP contribution < -0.4 is 9.64 Å². The first-order valence-electron chi connectivity index (χ1n) is 6.38. The van der Waals surface area contributed by atoms with E-state index in [0.29, 0.717) is 13.2 Å². The van der Waals surface area contributed by atoms with Gasteiger partial charge in [0.05, 0.1) is 6.61 Å². The molecule has 100 valence electrons. The van der Waals surface area contributed by atoms with Crippen molar-refractivity contribution in [2.75, 3.05) is 25.1 Å². The molecule has 3 nitrogen and oxygen atoms in total. The number of rotatable bonds is 6. The summed E-state index contributed by atoms with van der Waals surface area (Å²) in [6.07, 6.45) is 0. The maximum Gasteiger partial charge on any atom is 0.121 e. The van der Waals surface area contributed by atoms with Gasteiger partial charge in [-0.15, -0.1) is 0 Å². The van der Waals surface area contributed by atoms with Gasteiger partial charge in [0.15, 0.2) is 0 Å². The molecule has 0 atom stereocenters. The zero-order valence-electron chi connectivity index (χ0n) is 11.1. The first-order valence-corrected chi connectivity index (χ1v) is 6.38. The highest BCUT2D eigenvalue weighted by Crippen LogP contribution is 2.20. The molecule has 0 spiro atoms. The highest BCUT2D eigenvalue weighted by atomic mass is 16.5. The highest BCUT2D eigenvalue weighted by Gasteiger charge is 2.02. The van der Waals surface area contributed by atoms with Crippen molar-refractivity contribution in [1.29, 1.82) is 0 Å². The predicted octanol–water partition coefficient (Wildman–Crippen LogP) is 2.69. The number of likely N-dealkylation sites (N-methyl/N-ethyl adjacent to an activating group) is 1. The van der Waals surface area contributed by atoms with Crippen LogP contribution in [0.15, 0.2) is 54.6 Å². The van der Waals surface area contributed by atoms with Crippen LogP contribution >= 0.6 is 0 Å². The molecule has 2 rings (SSSR count). The molecule has 0 bridgehead atoms. The molecule has 0 saturated heterocycles. The van der Waals surface area contributed by atoms with E-state index in [0.717, 1.165) is 17.0 Å². The SMILES string of the molecule is CN(CCO)c1cccc(OCc2ccccc2)c1. The Morgan fingerprint density at radius 1 is 1.05 bits per heavy atom. The lowest BCUT2D eigenvalue weighted by Crippen LogP contribution is -2.20. The van der Waals surface area contributed by atoms with E-state index in [9.17, 15) is 0 Å². The van der Waals surface area contributed by atoms with Gasteiger partial charge in [-0.1, -0.05) is 36.4 Å². The molecular weight excluding hydrogens is 238 g/mol. The monoisotopic (exact) mass is 257 g/mol. The summed E-state index contributed by atoms with van der Waals surface area (Å²) in [7, 11) is 1.95. The Balaban J connectivity index is 1.99. The molecule has 1 N–H and O–H groups in total. The summed E-state index contributed by atoms with van der Waals surface area (Å²) in [5.74, 6) is 0.839. The van der Waals surface area contributed by atoms with Crippen molar-refractivity contribution >= 4 is 5.69 Å². The van der Waals surface area contributed by atoms with Gasteiger partial charge in [-0.25, -0.2) is 0 Å². The zero-order chi connectivity index (χ0) is 13.5. The predicted molar refractivity (Wildman–Crippen MR) is 77.6 cm³/mol. The van der Waals surface area contributed by atoms with Crippen LogP contribution in [-0.4, -0.2) is 25.3 Å². The van der Waals surface area contributed by atoms with Gasteiger partial charge in [-0.05, 0) is 17.7 Å². The molecule has 2 aromatic rings. The van der Waals surface area contributed by atoms with Crippen molar-refractivity contribution in [2.24, 2.45) is 0 Å². The van der Waals surface area contributed by atoms with Gasteiger partial charge < -0.3 is 14.7 Å². The summed E-state index contributed by atoms with van der Waals surface area (Å²) < 4.78 is 5.77. The third-order valence-electron chi connectivity index (χ3n) is 2.94. The van der Waals surface area contributed by atoms with Crippen LogP contribution in [0.25, 0.3) is 0 Å². The highest BCUT2D eigenvalue weighted by molar-refractivity contribution is 5.50. The molecule has 0 aliphatic carbocycles. The molecule has 0 radical (unpaired) electrons. The number of ether oxygens (including phenoxy) is 1. The van der Waals surface area contributed by atoms with E-state index in [4.69, 9.17) is 9.84 Å². The van der Waals surface area contributed by atoms with Crippen LogP contribution in [0, 0.1) is 0 Å². The average molecular weight is 257 g/mol. The maximum atomic E-state index is 8.95. The molecule has 0 aromatic heterocycles. The van der Waals surface area contributed by atoms with Crippen LogP contribution in [0.2, 0.25) is 0 Å². The molecule has 0 amide bonds. The van der Waals surface area contributed by atoms with E-state index in [1.165, 1.54) is 0 Å². The second-order valence-corrected chi connectivity index (χ2v) is 4.42. The Labute approximate surface area is 114 Å². The lowest BCUT2D eigenvalue weighted by Gasteiger charge is -2.18. The topological polar surface area (TPSA) is 32.7 Å². The summed E-state index contributed by atoms with van der Waals surface area (Å²) >= 11 is 0. The van der Waals surface area contributed by atoms with Crippen molar-refractivity contribution in [3.8, 4) is 5.75 Å². The maximum absolute atomic E-state index is 8.95. The van der Waals surface area contributed by atoms with E-state index in [-0.39, 0.29) is 6.61 Å².